The molecule has 1 saturated heterocycles. The van der Waals surface area contributed by atoms with E-state index in [9.17, 15) is 4.39 Å². The first kappa shape index (κ1) is 16.0. The molecule has 0 aliphatic carbocycles. The topological polar surface area (TPSA) is 36.9 Å². The third kappa shape index (κ3) is 3.30. The van der Waals surface area contributed by atoms with Gasteiger partial charge in [0.2, 0.25) is 0 Å². The van der Waals surface area contributed by atoms with Crippen LogP contribution in [0.5, 0.6) is 11.5 Å². The van der Waals surface area contributed by atoms with Crippen LogP contribution in [0.15, 0.2) is 12.1 Å². The molecule has 0 radical (unpaired) electrons. The van der Waals surface area contributed by atoms with Crippen LogP contribution in [-0.4, -0.2) is 26.4 Å². The highest BCUT2D eigenvalue weighted by atomic mass is 19.1. The van der Waals surface area contributed by atoms with Crippen molar-refractivity contribution in [1.82, 2.24) is 0 Å². The van der Waals surface area contributed by atoms with E-state index >= 15 is 0 Å². The molecule has 0 bridgehead atoms. The molecule has 4 nitrogen and oxygen atoms in total. The largest absolute Gasteiger partial charge is 0.490 e. The second kappa shape index (κ2) is 7.09. The Labute approximate surface area is 125 Å². The van der Waals surface area contributed by atoms with Gasteiger partial charge in [-0.25, -0.2) is 4.39 Å². The molecule has 0 saturated carbocycles. The van der Waals surface area contributed by atoms with E-state index in [1.807, 2.05) is 20.8 Å². The fraction of sp³-hybridized carbons (Fsp3) is 0.625. The SMILES string of the molecule is CCCC1(c2cc(OCC)c(OCC)cc2F)OCCO1. The predicted octanol–water partition coefficient (Wildman–Crippen LogP) is 3.62. The van der Waals surface area contributed by atoms with Crippen LogP contribution in [0.1, 0.15) is 39.2 Å². The van der Waals surface area contributed by atoms with E-state index in [-0.39, 0.29) is 0 Å². The normalized spacial score (nSPS) is 17.0. The van der Waals surface area contributed by atoms with E-state index in [1.54, 1.807) is 6.07 Å². The maximum Gasteiger partial charge on any atom is 0.197 e. The average Bonchev–Trinajstić information content (AvgIpc) is 2.92. The fourth-order valence-corrected chi connectivity index (χ4v) is 2.58. The molecule has 1 aliphatic rings. The number of benzene rings is 1. The molecular weight excluding hydrogens is 275 g/mol. The molecule has 1 fully saturated rings. The first-order chi connectivity index (χ1) is 10.2. The second-order valence-electron chi connectivity index (χ2n) is 4.84. The van der Waals surface area contributed by atoms with Crippen LogP contribution >= 0.6 is 0 Å². The molecule has 0 aromatic heterocycles. The minimum absolute atomic E-state index is 0.383. The standard InChI is InChI=1S/C16H23FO4/c1-4-7-16(20-8-9-21-16)12-10-14(18-5-2)15(19-6-3)11-13(12)17/h10-11H,4-9H2,1-3H3. The van der Waals surface area contributed by atoms with Gasteiger partial charge in [0.05, 0.1) is 32.0 Å². The Balaban J connectivity index is 2.44. The molecule has 118 valence electrons. The van der Waals surface area contributed by atoms with Crippen LogP contribution in [0.3, 0.4) is 0 Å². The van der Waals surface area contributed by atoms with Gasteiger partial charge in [-0.15, -0.1) is 0 Å². The average molecular weight is 298 g/mol. The van der Waals surface area contributed by atoms with Crippen LogP contribution in [0, 0.1) is 5.82 Å². The Morgan fingerprint density at radius 3 is 2.14 bits per heavy atom. The maximum atomic E-state index is 14.5. The molecule has 0 amide bonds. The van der Waals surface area contributed by atoms with E-state index in [0.29, 0.717) is 49.9 Å². The third-order valence-corrected chi connectivity index (χ3v) is 3.38. The van der Waals surface area contributed by atoms with Crippen molar-refractivity contribution in [1.29, 1.82) is 0 Å². The molecule has 1 aromatic rings. The van der Waals surface area contributed by atoms with Crippen molar-refractivity contribution in [3.8, 4) is 11.5 Å². The van der Waals surface area contributed by atoms with Crippen LogP contribution in [0.2, 0.25) is 0 Å². The minimum atomic E-state index is -1.00. The van der Waals surface area contributed by atoms with Crippen LogP contribution in [0.4, 0.5) is 4.39 Å². The molecule has 0 spiro atoms. The van der Waals surface area contributed by atoms with Crippen molar-refractivity contribution < 1.29 is 23.3 Å². The Kier molecular flexibility index (Phi) is 5.42. The lowest BCUT2D eigenvalue weighted by molar-refractivity contribution is -0.173. The molecule has 0 atom stereocenters. The summed E-state index contributed by atoms with van der Waals surface area (Å²) in [5.74, 6) is -0.470. The lowest BCUT2D eigenvalue weighted by atomic mass is 9.99. The summed E-state index contributed by atoms with van der Waals surface area (Å²) in [4.78, 5) is 0. The number of ether oxygens (including phenoxy) is 4. The minimum Gasteiger partial charge on any atom is -0.490 e. The molecule has 1 heterocycles. The summed E-state index contributed by atoms with van der Waals surface area (Å²) < 4.78 is 37.0. The van der Waals surface area contributed by atoms with Gasteiger partial charge in [-0.2, -0.15) is 0 Å². The first-order valence-electron chi connectivity index (χ1n) is 7.54. The van der Waals surface area contributed by atoms with Crippen molar-refractivity contribution in [3.05, 3.63) is 23.5 Å². The Morgan fingerprint density at radius 1 is 1.05 bits per heavy atom. The molecule has 0 N–H and O–H groups in total. The fourth-order valence-electron chi connectivity index (χ4n) is 2.58. The summed E-state index contributed by atoms with van der Waals surface area (Å²) in [5.41, 5.74) is 0.383. The lowest BCUT2D eigenvalue weighted by Gasteiger charge is -2.28. The first-order valence-corrected chi connectivity index (χ1v) is 7.54. The van der Waals surface area contributed by atoms with Crippen molar-refractivity contribution >= 4 is 0 Å². The lowest BCUT2D eigenvalue weighted by Crippen LogP contribution is -2.28. The van der Waals surface area contributed by atoms with Crippen molar-refractivity contribution in [2.75, 3.05) is 26.4 Å². The number of rotatable bonds is 7. The third-order valence-electron chi connectivity index (χ3n) is 3.38. The molecule has 1 aromatic carbocycles. The maximum absolute atomic E-state index is 14.5. The number of halogens is 1. The van der Waals surface area contributed by atoms with Crippen molar-refractivity contribution in [2.45, 2.75) is 39.4 Å². The van der Waals surface area contributed by atoms with E-state index in [2.05, 4.69) is 0 Å². The summed E-state index contributed by atoms with van der Waals surface area (Å²) in [6, 6.07) is 3.00. The van der Waals surface area contributed by atoms with Gasteiger partial charge in [-0.1, -0.05) is 13.3 Å². The molecule has 21 heavy (non-hydrogen) atoms. The monoisotopic (exact) mass is 298 g/mol. The van der Waals surface area contributed by atoms with E-state index in [0.717, 1.165) is 6.42 Å². The summed E-state index contributed by atoms with van der Waals surface area (Å²) >= 11 is 0. The molecular formula is C16H23FO4. The quantitative estimate of drug-likeness (QED) is 0.770. The highest BCUT2D eigenvalue weighted by Gasteiger charge is 2.40. The molecule has 0 unspecified atom stereocenters. The number of hydrogen-bond acceptors (Lipinski definition) is 4. The van der Waals surface area contributed by atoms with Gasteiger partial charge in [0.1, 0.15) is 5.82 Å². The van der Waals surface area contributed by atoms with E-state index in [4.69, 9.17) is 18.9 Å². The van der Waals surface area contributed by atoms with E-state index in [1.165, 1.54) is 6.07 Å². The zero-order valence-corrected chi connectivity index (χ0v) is 12.9. The highest BCUT2D eigenvalue weighted by molar-refractivity contribution is 5.45. The van der Waals surface area contributed by atoms with Crippen molar-refractivity contribution in [2.24, 2.45) is 0 Å². The van der Waals surface area contributed by atoms with Crippen LogP contribution in [-0.2, 0) is 15.3 Å². The van der Waals surface area contributed by atoms with Gasteiger partial charge in [0.15, 0.2) is 17.3 Å². The van der Waals surface area contributed by atoms with Crippen LogP contribution < -0.4 is 9.47 Å². The molecule has 5 heteroatoms. The van der Waals surface area contributed by atoms with Gasteiger partial charge in [-0.3, -0.25) is 0 Å². The van der Waals surface area contributed by atoms with E-state index < -0.39 is 11.6 Å². The molecule has 1 aliphatic heterocycles. The summed E-state index contributed by atoms with van der Waals surface area (Å²) in [6.45, 7) is 7.61. The van der Waals surface area contributed by atoms with Gasteiger partial charge in [0.25, 0.3) is 0 Å². The summed E-state index contributed by atoms with van der Waals surface area (Å²) in [6.07, 6.45) is 1.43. The second-order valence-corrected chi connectivity index (χ2v) is 4.84. The summed E-state index contributed by atoms with van der Waals surface area (Å²) in [5, 5.41) is 0. The smallest absolute Gasteiger partial charge is 0.197 e. The Morgan fingerprint density at radius 2 is 1.62 bits per heavy atom. The zero-order chi connectivity index (χ0) is 15.3. The Hall–Kier alpha value is -1.33. The summed E-state index contributed by atoms with van der Waals surface area (Å²) in [7, 11) is 0. The Bertz CT molecular complexity index is 470. The van der Waals surface area contributed by atoms with Crippen LogP contribution in [0.25, 0.3) is 0 Å². The highest BCUT2D eigenvalue weighted by Crippen LogP contribution is 2.41. The van der Waals surface area contributed by atoms with Gasteiger partial charge >= 0.3 is 0 Å². The van der Waals surface area contributed by atoms with Gasteiger partial charge < -0.3 is 18.9 Å². The van der Waals surface area contributed by atoms with Gasteiger partial charge in [-0.05, 0) is 19.9 Å². The molecule has 2 rings (SSSR count). The predicted molar refractivity (Wildman–Crippen MR) is 77.2 cm³/mol. The van der Waals surface area contributed by atoms with Crippen molar-refractivity contribution in [3.63, 3.8) is 0 Å². The van der Waals surface area contributed by atoms with Gasteiger partial charge in [0, 0.05) is 12.5 Å². The zero-order valence-electron chi connectivity index (χ0n) is 12.9. The number of hydrogen-bond donors (Lipinski definition) is 0.